The monoisotopic (exact) mass is 321 g/mol. The van der Waals surface area contributed by atoms with Crippen LogP contribution >= 0.6 is 0 Å². The molecule has 0 unspecified atom stereocenters. The maximum Gasteiger partial charge on any atom is 0.0377 e. The first-order chi connectivity index (χ1) is 11.0. The Bertz CT molecular complexity index is 337. The van der Waals surface area contributed by atoms with Crippen molar-refractivity contribution in [2.24, 2.45) is 11.8 Å². The van der Waals surface area contributed by atoms with Gasteiger partial charge in [-0.1, -0.05) is 46.1 Å². The van der Waals surface area contributed by atoms with Gasteiger partial charge in [-0.05, 0) is 44.8 Å². The number of likely N-dealkylation sites (N-methyl/N-ethyl adjacent to an activating group) is 1. The van der Waals surface area contributed by atoms with Crippen molar-refractivity contribution in [3.8, 4) is 0 Å². The molecule has 2 aliphatic rings. The number of piperidine rings is 1. The zero-order valence-electron chi connectivity index (χ0n) is 15.9. The van der Waals surface area contributed by atoms with Gasteiger partial charge in [-0.25, -0.2) is 0 Å². The zero-order valence-corrected chi connectivity index (χ0v) is 15.9. The molecule has 2 aliphatic heterocycles. The summed E-state index contributed by atoms with van der Waals surface area (Å²) in [5.74, 6) is 1.85. The van der Waals surface area contributed by atoms with Gasteiger partial charge in [0.1, 0.15) is 0 Å². The molecule has 0 aliphatic carbocycles. The van der Waals surface area contributed by atoms with Crippen LogP contribution in [0.5, 0.6) is 0 Å². The highest BCUT2D eigenvalue weighted by molar-refractivity contribution is 4.99. The number of hydrogen-bond donors (Lipinski definition) is 0. The standard InChI is InChI=1S/C20H39N3/c1-18(2)7-5-6-8-20-9-11-22(12-10-20)17-19(3)23-15-13-21(4)14-16-23/h18,20H,3,5-17H2,1-2,4H3. The number of likely N-dealkylation sites (tertiary alicyclic amines) is 1. The van der Waals surface area contributed by atoms with Crippen molar-refractivity contribution >= 4 is 0 Å². The normalized spacial score (nSPS) is 22.0. The molecule has 0 aromatic rings. The molecule has 3 heteroatoms. The van der Waals surface area contributed by atoms with Gasteiger partial charge in [-0.2, -0.15) is 0 Å². The summed E-state index contributed by atoms with van der Waals surface area (Å²) in [4.78, 5) is 7.54. The number of rotatable bonds is 8. The highest BCUT2D eigenvalue weighted by Gasteiger charge is 2.21. The van der Waals surface area contributed by atoms with Gasteiger partial charge in [0.25, 0.3) is 0 Å². The van der Waals surface area contributed by atoms with Gasteiger partial charge in [0.15, 0.2) is 0 Å². The summed E-state index contributed by atoms with van der Waals surface area (Å²) >= 11 is 0. The SMILES string of the molecule is C=C(CN1CCC(CCCCC(C)C)CC1)N1CCN(C)CC1. The average Bonchev–Trinajstić information content (AvgIpc) is 2.53. The minimum absolute atomic E-state index is 0.873. The number of nitrogens with zero attached hydrogens (tertiary/aromatic N) is 3. The molecule has 134 valence electrons. The van der Waals surface area contributed by atoms with Gasteiger partial charge in [-0.15, -0.1) is 0 Å². The van der Waals surface area contributed by atoms with E-state index in [-0.39, 0.29) is 0 Å². The van der Waals surface area contributed by atoms with Crippen molar-refractivity contribution in [1.82, 2.24) is 14.7 Å². The van der Waals surface area contributed by atoms with Gasteiger partial charge in [0.2, 0.25) is 0 Å². The Hall–Kier alpha value is -0.540. The first kappa shape index (κ1) is 18.8. The van der Waals surface area contributed by atoms with E-state index in [0.717, 1.165) is 31.5 Å². The van der Waals surface area contributed by atoms with Crippen molar-refractivity contribution in [2.45, 2.75) is 52.4 Å². The number of unbranched alkanes of at least 4 members (excludes halogenated alkanes) is 1. The maximum atomic E-state index is 4.36. The second kappa shape index (κ2) is 9.68. The lowest BCUT2D eigenvalue weighted by atomic mass is 9.90. The predicted molar refractivity (Wildman–Crippen MR) is 101 cm³/mol. The van der Waals surface area contributed by atoms with Crippen molar-refractivity contribution in [1.29, 1.82) is 0 Å². The fourth-order valence-corrected chi connectivity index (χ4v) is 3.90. The first-order valence-electron chi connectivity index (χ1n) is 9.88. The van der Waals surface area contributed by atoms with E-state index in [0.29, 0.717) is 0 Å². The molecular weight excluding hydrogens is 282 g/mol. The van der Waals surface area contributed by atoms with Crippen molar-refractivity contribution in [3.63, 3.8) is 0 Å². The molecule has 0 atom stereocenters. The smallest absolute Gasteiger partial charge is 0.0377 e. The van der Waals surface area contributed by atoms with Crippen LogP contribution in [0.15, 0.2) is 12.3 Å². The second-order valence-electron chi connectivity index (χ2n) is 8.25. The van der Waals surface area contributed by atoms with Crippen LogP contribution in [-0.2, 0) is 0 Å². The molecule has 2 rings (SSSR count). The van der Waals surface area contributed by atoms with E-state index < -0.39 is 0 Å². The van der Waals surface area contributed by atoms with Gasteiger partial charge in [0, 0.05) is 38.4 Å². The fraction of sp³-hybridized carbons (Fsp3) is 0.900. The summed E-state index contributed by atoms with van der Waals surface area (Å²) in [6, 6.07) is 0. The third-order valence-corrected chi connectivity index (χ3v) is 5.71. The van der Waals surface area contributed by atoms with Crippen LogP contribution in [-0.4, -0.2) is 67.6 Å². The Morgan fingerprint density at radius 2 is 1.65 bits per heavy atom. The third kappa shape index (κ3) is 6.84. The van der Waals surface area contributed by atoms with Crippen LogP contribution in [0.2, 0.25) is 0 Å². The zero-order chi connectivity index (χ0) is 16.7. The Morgan fingerprint density at radius 1 is 1.00 bits per heavy atom. The van der Waals surface area contributed by atoms with Gasteiger partial charge < -0.3 is 9.80 Å². The quantitative estimate of drug-likeness (QED) is 0.632. The van der Waals surface area contributed by atoms with Gasteiger partial charge >= 0.3 is 0 Å². The molecule has 0 bridgehead atoms. The minimum atomic E-state index is 0.873. The molecule has 0 aromatic carbocycles. The van der Waals surface area contributed by atoms with Crippen LogP contribution in [0.3, 0.4) is 0 Å². The molecular formula is C20H39N3. The summed E-state index contributed by atoms with van der Waals surface area (Å²) < 4.78 is 0. The van der Waals surface area contributed by atoms with E-state index in [9.17, 15) is 0 Å². The third-order valence-electron chi connectivity index (χ3n) is 5.71. The Labute approximate surface area is 144 Å². The molecule has 2 heterocycles. The molecule has 23 heavy (non-hydrogen) atoms. The summed E-state index contributed by atoms with van der Waals surface area (Å²) in [7, 11) is 2.21. The van der Waals surface area contributed by atoms with E-state index in [1.807, 2.05) is 0 Å². The lowest BCUT2D eigenvalue weighted by molar-refractivity contribution is 0.149. The second-order valence-corrected chi connectivity index (χ2v) is 8.25. The van der Waals surface area contributed by atoms with E-state index in [1.165, 1.54) is 70.4 Å². The number of hydrogen-bond acceptors (Lipinski definition) is 3. The fourth-order valence-electron chi connectivity index (χ4n) is 3.90. The molecule has 0 radical (unpaired) electrons. The topological polar surface area (TPSA) is 9.72 Å². The van der Waals surface area contributed by atoms with Gasteiger partial charge in [-0.3, -0.25) is 4.90 Å². The molecule has 0 amide bonds. The summed E-state index contributed by atoms with van der Waals surface area (Å²) in [6.45, 7) is 17.3. The van der Waals surface area contributed by atoms with Gasteiger partial charge in [0.05, 0.1) is 0 Å². The summed E-state index contributed by atoms with van der Waals surface area (Å²) in [5, 5.41) is 0. The summed E-state index contributed by atoms with van der Waals surface area (Å²) in [6.07, 6.45) is 8.54. The largest absolute Gasteiger partial charge is 0.372 e. The maximum absolute atomic E-state index is 4.36. The molecule has 3 nitrogen and oxygen atoms in total. The van der Waals surface area contributed by atoms with E-state index in [2.05, 4.69) is 42.2 Å². The molecule has 0 spiro atoms. The van der Waals surface area contributed by atoms with Crippen LogP contribution in [0.1, 0.15) is 52.4 Å². The van der Waals surface area contributed by atoms with Crippen LogP contribution in [0, 0.1) is 11.8 Å². The lowest BCUT2D eigenvalue weighted by Crippen LogP contribution is -2.46. The average molecular weight is 322 g/mol. The van der Waals surface area contributed by atoms with E-state index in [1.54, 1.807) is 0 Å². The first-order valence-corrected chi connectivity index (χ1v) is 9.88. The van der Waals surface area contributed by atoms with Crippen molar-refractivity contribution in [3.05, 3.63) is 12.3 Å². The lowest BCUT2D eigenvalue weighted by Gasteiger charge is -2.38. The highest BCUT2D eigenvalue weighted by Crippen LogP contribution is 2.24. The number of piperazine rings is 1. The molecule has 0 N–H and O–H groups in total. The van der Waals surface area contributed by atoms with Crippen molar-refractivity contribution < 1.29 is 0 Å². The highest BCUT2D eigenvalue weighted by atomic mass is 15.3. The van der Waals surface area contributed by atoms with Crippen LogP contribution in [0.4, 0.5) is 0 Å². The van der Waals surface area contributed by atoms with Crippen LogP contribution < -0.4 is 0 Å². The molecule has 0 aromatic heterocycles. The Kier molecular flexibility index (Phi) is 7.91. The van der Waals surface area contributed by atoms with E-state index in [4.69, 9.17) is 0 Å². The predicted octanol–water partition coefficient (Wildman–Crippen LogP) is 3.68. The van der Waals surface area contributed by atoms with Crippen LogP contribution in [0.25, 0.3) is 0 Å². The minimum Gasteiger partial charge on any atom is -0.372 e. The Morgan fingerprint density at radius 3 is 2.26 bits per heavy atom. The summed E-state index contributed by atoms with van der Waals surface area (Å²) in [5.41, 5.74) is 1.34. The van der Waals surface area contributed by atoms with E-state index >= 15 is 0 Å². The molecule has 2 saturated heterocycles. The molecule has 0 saturated carbocycles. The van der Waals surface area contributed by atoms with Crippen molar-refractivity contribution in [2.75, 3.05) is 52.9 Å². The Balaban J connectivity index is 1.58. The molecule has 2 fully saturated rings.